The maximum absolute atomic E-state index is 12.8. The molecule has 0 bridgehead atoms. The van der Waals surface area contributed by atoms with E-state index in [2.05, 4.69) is 15.0 Å². The second-order valence-electron chi connectivity index (χ2n) is 7.15. The molecule has 2 aromatic rings. The molecule has 8 nitrogen and oxygen atoms in total. The molecule has 1 atom stereocenters. The Morgan fingerprint density at radius 3 is 2.81 bits per heavy atom. The number of nitrogens with zero attached hydrogens (tertiary/aromatic N) is 5. The summed E-state index contributed by atoms with van der Waals surface area (Å²) in [6, 6.07) is 1.88. The van der Waals surface area contributed by atoms with Crippen molar-refractivity contribution in [2.75, 3.05) is 37.7 Å². The number of morpholine rings is 1. The van der Waals surface area contributed by atoms with Gasteiger partial charge in [0.2, 0.25) is 11.9 Å². The van der Waals surface area contributed by atoms with E-state index in [9.17, 15) is 4.79 Å². The molecule has 2 fully saturated rings. The highest BCUT2D eigenvalue weighted by Gasteiger charge is 2.28. The fourth-order valence-corrected chi connectivity index (χ4v) is 3.68. The summed E-state index contributed by atoms with van der Waals surface area (Å²) in [7, 11) is 0. The van der Waals surface area contributed by atoms with Gasteiger partial charge in [-0.3, -0.25) is 4.79 Å². The Hall–Kier alpha value is -2.48. The number of anilines is 1. The SMILES string of the molecule is Cc1noc(C)c1CC(=O)N1CCOC(c2ccnc(N3CCCC3)n2)C1. The molecule has 2 saturated heterocycles. The Morgan fingerprint density at radius 1 is 1.26 bits per heavy atom. The molecule has 2 aliphatic rings. The molecule has 2 aromatic heterocycles. The zero-order valence-corrected chi connectivity index (χ0v) is 15.8. The monoisotopic (exact) mass is 371 g/mol. The van der Waals surface area contributed by atoms with Gasteiger partial charge in [0, 0.05) is 31.4 Å². The van der Waals surface area contributed by atoms with Crippen LogP contribution in [0.1, 0.15) is 41.7 Å². The van der Waals surface area contributed by atoms with E-state index in [4.69, 9.17) is 14.2 Å². The van der Waals surface area contributed by atoms with E-state index >= 15 is 0 Å². The molecule has 0 saturated carbocycles. The van der Waals surface area contributed by atoms with Crippen molar-refractivity contribution in [1.82, 2.24) is 20.0 Å². The van der Waals surface area contributed by atoms with Crippen LogP contribution in [0, 0.1) is 13.8 Å². The highest BCUT2D eigenvalue weighted by Crippen LogP contribution is 2.24. The molecule has 2 aliphatic heterocycles. The minimum Gasteiger partial charge on any atom is -0.368 e. The third-order valence-electron chi connectivity index (χ3n) is 5.31. The molecule has 0 spiro atoms. The smallest absolute Gasteiger partial charge is 0.227 e. The molecule has 1 unspecified atom stereocenters. The van der Waals surface area contributed by atoms with E-state index < -0.39 is 0 Å². The highest BCUT2D eigenvalue weighted by atomic mass is 16.5. The van der Waals surface area contributed by atoms with Crippen LogP contribution in [0.3, 0.4) is 0 Å². The Bertz CT molecular complexity index is 796. The van der Waals surface area contributed by atoms with Crippen molar-refractivity contribution < 1.29 is 14.1 Å². The first-order chi connectivity index (χ1) is 13.1. The molecular weight excluding hydrogens is 346 g/mol. The van der Waals surface area contributed by atoms with Crippen molar-refractivity contribution >= 4 is 11.9 Å². The second kappa shape index (κ2) is 7.64. The fraction of sp³-hybridized carbons (Fsp3) is 0.579. The van der Waals surface area contributed by atoms with Crippen molar-refractivity contribution in [2.24, 2.45) is 0 Å². The summed E-state index contributed by atoms with van der Waals surface area (Å²) in [5.74, 6) is 1.52. The maximum atomic E-state index is 12.8. The lowest BCUT2D eigenvalue weighted by Gasteiger charge is -2.33. The Balaban J connectivity index is 1.45. The van der Waals surface area contributed by atoms with Crippen molar-refractivity contribution in [2.45, 2.75) is 39.2 Å². The standard InChI is InChI=1S/C19H25N5O3/c1-13-15(14(2)27-22-13)11-18(25)24-9-10-26-17(12-24)16-5-6-20-19(21-16)23-7-3-4-8-23/h5-6,17H,3-4,7-12H2,1-2H3. The minimum absolute atomic E-state index is 0.0616. The molecule has 0 aromatic carbocycles. The molecule has 0 N–H and O–H groups in total. The molecule has 144 valence electrons. The number of aromatic nitrogens is 3. The second-order valence-corrected chi connectivity index (χ2v) is 7.15. The van der Waals surface area contributed by atoms with E-state index in [0.29, 0.717) is 31.9 Å². The van der Waals surface area contributed by atoms with E-state index in [-0.39, 0.29) is 12.0 Å². The highest BCUT2D eigenvalue weighted by molar-refractivity contribution is 5.79. The van der Waals surface area contributed by atoms with Gasteiger partial charge in [-0.2, -0.15) is 0 Å². The predicted molar refractivity (Wildman–Crippen MR) is 98.4 cm³/mol. The van der Waals surface area contributed by atoms with E-state index in [1.54, 1.807) is 6.20 Å². The molecular formula is C19H25N5O3. The van der Waals surface area contributed by atoms with Gasteiger partial charge < -0.3 is 19.1 Å². The van der Waals surface area contributed by atoms with Gasteiger partial charge in [-0.15, -0.1) is 0 Å². The first-order valence-corrected chi connectivity index (χ1v) is 9.51. The number of ether oxygens (including phenoxy) is 1. The van der Waals surface area contributed by atoms with Gasteiger partial charge in [-0.05, 0) is 32.8 Å². The minimum atomic E-state index is -0.225. The van der Waals surface area contributed by atoms with Crippen molar-refractivity contribution in [3.63, 3.8) is 0 Å². The van der Waals surface area contributed by atoms with Gasteiger partial charge in [0.15, 0.2) is 0 Å². The average molecular weight is 371 g/mol. The van der Waals surface area contributed by atoms with Gasteiger partial charge in [0.1, 0.15) is 11.9 Å². The van der Waals surface area contributed by atoms with Crippen LogP contribution in [0.4, 0.5) is 5.95 Å². The number of carbonyl (C=O) groups is 1. The Kier molecular flexibility index (Phi) is 5.07. The Morgan fingerprint density at radius 2 is 2.07 bits per heavy atom. The zero-order valence-electron chi connectivity index (χ0n) is 15.8. The number of rotatable bonds is 4. The normalized spacial score (nSPS) is 20.3. The van der Waals surface area contributed by atoms with Gasteiger partial charge in [0.25, 0.3) is 0 Å². The zero-order chi connectivity index (χ0) is 18.8. The Labute approximate surface area is 158 Å². The van der Waals surface area contributed by atoms with E-state index in [1.165, 1.54) is 12.8 Å². The van der Waals surface area contributed by atoms with Gasteiger partial charge >= 0.3 is 0 Å². The van der Waals surface area contributed by atoms with Crippen LogP contribution in [-0.4, -0.2) is 58.7 Å². The van der Waals surface area contributed by atoms with Crippen LogP contribution < -0.4 is 4.90 Å². The van der Waals surface area contributed by atoms with Crippen LogP contribution in [0.5, 0.6) is 0 Å². The lowest BCUT2D eigenvalue weighted by molar-refractivity contribution is -0.138. The van der Waals surface area contributed by atoms with Crippen molar-refractivity contribution in [1.29, 1.82) is 0 Å². The largest absolute Gasteiger partial charge is 0.368 e. The van der Waals surface area contributed by atoms with E-state index in [0.717, 1.165) is 36.0 Å². The summed E-state index contributed by atoms with van der Waals surface area (Å²) in [6.45, 7) is 7.28. The van der Waals surface area contributed by atoms with E-state index in [1.807, 2.05) is 24.8 Å². The molecule has 4 rings (SSSR count). The van der Waals surface area contributed by atoms with Crippen molar-refractivity contribution in [3.8, 4) is 0 Å². The number of carbonyl (C=O) groups excluding carboxylic acids is 1. The fourth-order valence-electron chi connectivity index (χ4n) is 3.68. The summed E-state index contributed by atoms with van der Waals surface area (Å²) in [4.78, 5) is 25.9. The third-order valence-corrected chi connectivity index (χ3v) is 5.31. The van der Waals surface area contributed by atoms with Crippen LogP contribution >= 0.6 is 0 Å². The predicted octanol–water partition coefficient (Wildman–Crippen LogP) is 1.82. The van der Waals surface area contributed by atoms with Crippen LogP contribution in [0.15, 0.2) is 16.8 Å². The molecule has 0 radical (unpaired) electrons. The van der Waals surface area contributed by atoms with Gasteiger partial charge in [-0.1, -0.05) is 5.16 Å². The molecule has 27 heavy (non-hydrogen) atoms. The average Bonchev–Trinajstić information content (AvgIpc) is 3.34. The van der Waals surface area contributed by atoms with Gasteiger partial charge in [-0.25, -0.2) is 9.97 Å². The summed E-state index contributed by atoms with van der Waals surface area (Å²) in [5.41, 5.74) is 2.49. The van der Waals surface area contributed by atoms with Gasteiger partial charge in [0.05, 0.1) is 31.0 Å². The van der Waals surface area contributed by atoms with Crippen molar-refractivity contribution in [3.05, 3.63) is 35.0 Å². The number of amides is 1. The number of aryl methyl sites for hydroxylation is 2. The quantitative estimate of drug-likeness (QED) is 0.810. The summed E-state index contributed by atoms with van der Waals surface area (Å²) >= 11 is 0. The molecule has 0 aliphatic carbocycles. The summed E-state index contributed by atoms with van der Waals surface area (Å²) in [6.07, 6.45) is 4.21. The van der Waals surface area contributed by atoms with Crippen LogP contribution in [0.25, 0.3) is 0 Å². The third kappa shape index (κ3) is 3.80. The summed E-state index contributed by atoms with van der Waals surface area (Å²) in [5, 5.41) is 3.93. The number of hydrogen-bond donors (Lipinski definition) is 0. The first kappa shape index (κ1) is 17.9. The maximum Gasteiger partial charge on any atom is 0.227 e. The molecule has 8 heteroatoms. The summed E-state index contributed by atoms with van der Waals surface area (Å²) < 4.78 is 11.1. The lowest BCUT2D eigenvalue weighted by Crippen LogP contribution is -2.43. The first-order valence-electron chi connectivity index (χ1n) is 9.51. The molecule has 1 amide bonds. The topological polar surface area (TPSA) is 84.6 Å². The van der Waals surface area contributed by atoms with Crippen LogP contribution in [0.2, 0.25) is 0 Å². The van der Waals surface area contributed by atoms with Crippen LogP contribution in [-0.2, 0) is 16.0 Å². The molecule has 4 heterocycles. The number of hydrogen-bond acceptors (Lipinski definition) is 7. The lowest BCUT2D eigenvalue weighted by atomic mass is 10.1.